The second-order valence-electron chi connectivity index (χ2n) is 8.45. The second kappa shape index (κ2) is 7.95. The van der Waals surface area contributed by atoms with Crippen molar-refractivity contribution in [3.63, 3.8) is 0 Å². The number of aromatic nitrogens is 4. The van der Waals surface area contributed by atoms with E-state index in [2.05, 4.69) is 35.7 Å². The molecule has 0 aromatic carbocycles. The number of nitrogens with zero attached hydrogens (tertiary/aromatic N) is 3. The standard InChI is InChI=1S/C16H25N4O7PSi/c1-16(2,3)29(4,5)27-11-9(6-21)25-15(12(11)26-28(23)24)20-8-19-10-13(20)17-7-18-14(10)22/h7-9,11-12,15,21H,6H2,1-5H3,(H-,17,18,22,23,24)/p+1/t9-,11-,12-,15-/m1/s1. The first-order valence-electron chi connectivity index (χ1n) is 9.13. The maximum absolute atomic E-state index is 12.0. The third-order valence-corrected chi connectivity index (χ3v) is 10.5. The smallest absolute Gasteiger partial charge is 0.408 e. The largest absolute Gasteiger partial charge is 0.695 e. The lowest BCUT2D eigenvalue weighted by Crippen LogP contribution is -2.50. The van der Waals surface area contributed by atoms with Crippen LogP contribution in [0.5, 0.6) is 0 Å². The molecule has 0 bridgehead atoms. The molecule has 1 fully saturated rings. The van der Waals surface area contributed by atoms with Gasteiger partial charge in [-0.15, -0.1) is 9.42 Å². The van der Waals surface area contributed by atoms with Crippen LogP contribution in [-0.2, 0) is 18.3 Å². The molecule has 29 heavy (non-hydrogen) atoms. The molecule has 0 spiro atoms. The van der Waals surface area contributed by atoms with Crippen LogP contribution in [0, 0.1) is 0 Å². The summed E-state index contributed by atoms with van der Waals surface area (Å²) in [5, 5.41) is 9.74. The number of ether oxygens (including phenoxy) is 1. The van der Waals surface area contributed by atoms with E-state index >= 15 is 0 Å². The van der Waals surface area contributed by atoms with Gasteiger partial charge in [0.2, 0.25) is 0 Å². The van der Waals surface area contributed by atoms with Crippen LogP contribution in [0.2, 0.25) is 18.1 Å². The van der Waals surface area contributed by atoms with Crippen molar-refractivity contribution in [2.24, 2.45) is 0 Å². The van der Waals surface area contributed by atoms with E-state index in [0.717, 1.165) is 0 Å². The van der Waals surface area contributed by atoms with Crippen LogP contribution in [0.3, 0.4) is 0 Å². The Kier molecular flexibility index (Phi) is 6.07. The van der Waals surface area contributed by atoms with E-state index in [0.29, 0.717) is 0 Å². The van der Waals surface area contributed by atoms with Crippen molar-refractivity contribution in [2.75, 3.05) is 6.61 Å². The molecule has 1 saturated heterocycles. The molecule has 0 aliphatic carbocycles. The number of fused-ring (bicyclic) bond motifs is 1. The van der Waals surface area contributed by atoms with Crippen molar-refractivity contribution in [3.8, 4) is 0 Å². The summed E-state index contributed by atoms with van der Waals surface area (Å²) in [5.74, 6) is 0. The monoisotopic (exact) mass is 445 g/mol. The highest BCUT2D eigenvalue weighted by Gasteiger charge is 2.54. The summed E-state index contributed by atoms with van der Waals surface area (Å²) in [6.45, 7) is 9.85. The zero-order chi connectivity index (χ0) is 21.6. The number of H-pyrrole nitrogens is 1. The van der Waals surface area contributed by atoms with Gasteiger partial charge in [0.1, 0.15) is 12.2 Å². The number of imidazole rings is 1. The average Bonchev–Trinajstić information content (AvgIpc) is 3.16. The van der Waals surface area contributed by atoms with Crippen molar-refractivity contribution in [1.29, 1.82) is 0 Å². The van der Waals surface area contributed by atoms with E-state index in [1.165, 1.54) is 17.2 Å². The zero-order valence-corrected chi connectivity index (χ0v) is 18.8. The fraction of sp³-hybridized carbons (Fsp3) is 0.688. The quantitative estimate of drug-likeness (QED) is 0.443. The van der Waals surface area contributed by atoms with E-state index in [-0.39, 0.29) is 22.8 Å². The van der Waals surface area contributed by atoms with Crippen LogP contribution in [-0.4, -0.2) is 62.8 Å². The Hall–Kier alpha value is -1.53. The van der Waals surface area contributed by atoms with Crippen LogP contribution in [0.4, 0.5) is 0 Å². The van der Waals surface area contributed by atoms with Crippen LogP contribution in [0.15, 0.2) is 17.4 Å². The molecule has 5 atom stereocenters. The third-order valence-electron chi connectivity index (χ3n) is 5.55. The number of rotatable bonds is 6. The van der Waals surface area contributed by atoms with Gasteiger partial charge in [-0.05, 0) is 18.1 Å². The van der Waals surface area contributed by atoms with Crippen LogP contribution in [0.25, 0.3) is 11.2 Å². The molecule has 3 N–H and O–H groups in total. The fourth-order valence-electron chi connectivity index (χ4n) is 3.00. The maximum atomic E-state index is 12.0. The van der Waals surface area contributed by atoms with E-state index < -0.39 is 46.7 Å². The Labute approximate surface area is 169 Å². The highest BCUT2D eigenvalue weighted by molar-refractivity contribution is 7.32. The van der Waals surface area contributed by atoms with Crippen molar-refractivity contribution < 1.29 is 28.3 Å². The van der Waals surface area contributed by atoms with Crippen LogP contribution < -0.4 is 5.56 Å². The molecule has 0 saturated carbocycles. The van der Waals surface area contributed by atoms with Gasteiger partial charge in [-0.25, -0.2) is 9.97 Å². The van der Waals surface area contributed by atoms with Gasteiger partial charge < -0.3 is 19.3 Å². The average molecular weight is 445 g/mol. The molecule has 2 aromatic heterocycles. The Balaban J connectivity index is 2.04. The number of hydrogen-bond donors (Lipinski definition) is 3. The molecule has 0 amide bonds. The summed E-state index contributed by atoms with van der Waals surface area (Å²) in [7, 11) is -5.32. The number of hydrogen-bond acceptors (Lipinski definition) is 8. The molecular weight excluding hydrogens is 419 g/mol. The molecule has 1 aliphatic heterocycles. The van der Waals surface area contributed by atoms with Gasteiger partial charge in [-0.3, -0.25) is 9.36 Å². The molecule has 1 aliphatic rings. The van der Waals surface area contributed by atoms with Crippen molar-refractivity contribution >= 4 is 27.7 Å². The van der Waals surface area contributed by atoms with E-state index in [1.54, 1.807) is 0 Å². The molecule has 1 unspecified atom stereocenters. The van der Waals surface area contributed by atoms with Gasteiger partial charge in [0, 0.05) is 4.57 Å². The number of aliphatic hydroxyl groups excluding tert-OH is 1. The SMILES string of the molecule is CC(C)(C)[Si](C)(C)O[C@H]1[C@@H](O[P+](=O)O)[C@H](n2cnc3c(=O)[nH]cnc32)O[C@@H]1CO. The second-order valence-corrected chi connectivity index (χ2v) is 13.9. The van der Waals surface area contributed by atoms with Crippen molar-refractivity contribution in [2.45, 2.75) is 63.4 Å². The minimum Gasteiger partial charge on any atom is -0.408 e. The number of aromatic amines is 1. The summed E-state index contributed by atoms with van der Waals surface area (Å²) >= 11 is 0. The predicted octanol–water partition coefficient (Wildman–Crippen LogP) is 1.43. The highest BCUT2D eigenvalue weighted by atomic mass is 31.1. The fourth-order valence-corrected chi connectivity index (χ4v) is 4.76. The first-order chi connectivity index (χ1) is 13.5. The van der Waals surface area contributed by atoms with Crippen LogP contribution >= 0.6 is 8.25 Å². The molecule has 2 aromatic rings. The Morgan fingerprint density at radius 1 is 1.34 bits per heavy atom. The molecule has 160 valence electrons. The Morgan fingerprint density at radius 3 is 2.62 bits per heavy atom. The van der Waals surface area contributed by atoms with Gasteiger partial charge in [0.05, 0.1) is 19.3 Å². The number of aliphatic hydroxyl groups is 1. The Bertz CT molecular complexity index is 957. The van der Waals surface area contributed by atoms with Gasteiger partial charge in [-0.2, -0.15) is 0 Å². The summed E-state index contributed by atoms with van der Waals surface area (Å²) in [5.41, 5.74) is -0.104. The Morgan fingerprint density at radius 2 is 2.03 bits per heavy atom. The summed E-state index contributed by atoms with van der Waals surface area (Å²) in [6, 6.07) is 0. The molecular formula is C16H26N4O7PSi+. The van der Waals surface area contributed by atoms with Gasteiger partial charge in [0.25, 0.3) is 5.56 Å². The van der Waals surface area contributed by atoms with Crippen molar-refractivity contribution in [1.82, 2.24) is 19.5 Å². The van der Waals surface area contributed by atoms with E-state index in [1.807, 2.05) is 13.1 Å². The molecule has 13 heteroatoms. The van der Waals surface area contributed by atoms with Gasteiger partial charge in [-0.1, -0.05) is 20.8 Å². The van der Waals surface area contributed by atoms with Gasteiger partial charge >= 0.3 is 8.25 Å². The lowest BCUT2D eigenvalue weighted by atomic mass is 10.1. The highest BCUT2D eigenvalue weighted by Crippen LogP contribution is 2.44. The first-order valence-corrected chi connectivity index (χ1v) is 13.2. The van der Waals surface area contributed by atoms with E-state index in [4.69, 9.17) is 13.7 Å². The topological polar surface area (TPSA) is 149 Å². The van der Waals surface area contributed by atoms with Gasteiger partial charge in [0.15, 0.2) is 31.8 Å². The molecule has 0 radical (unpaired) electrons. The lowest BCUT2D eigenvalue weighted by molar-refractivity contribution is -0.0480. The van der Waals surface area contributed by atoms with E-state index in [9.17, 15) is 19.4 Å². The normalized spacial score (nSPS) is 26.2. The first kappa shape index (κ1) is 22.2. The minimum atomic E-state index is -2.98. The molecule has 3 heterocycles. The molecule has 3 rings (SSSR count). The minimum absolute atomic E-state index is 0.0950. The molecule has 11 nitrogen and oxygen atoms in total. The summed E-state index contributed by atoms with van der Waals surface area (Å²) in [6.07, 6.45) is -1.000. The van der Waals surface area contributed by atoms with Crippen LogP contribution in [0.1, 0.15) is 27.0 Å². The summed E-state index contributed by atoms with van der Waals surface area (Å²) in [4.78, 5) is 32.0. The lowest BCUT2D eigenvalue weighted by Gasteiger charge is -2.39. The summed E-state index contributed by atoms with van der Waals surface area (Å²) < 4.78 is 30.7. The number of nitrogens with one attached hydrogen (secondary N) is 1. The maximum Gasteiger partial charge on any atom is 0.695 e. The third kappa shape index (κ3) is 4.19. The van der Waals surface area contributed by atoms with Crippen molar-refractivity contribution in [3.05, 3.63) is 23.0 Å². The predicted molar refractivity (Wildman–Crippen MR) is 106 cm³/mol. The zero-order valence-electron chi connectivity index (χ0n) is 16.9.